The fraction of sp³-hybridized carbons (Fsp3) is 0.0448. The average Bonchev–Trinajstić information content (AvgIpc) is 3.87. The Morgan fingerprint density at radius 2 is 0.809 bits per heavy atom. The number of benzene rings is 11. The van der Waals surface area contributed by atoms with Crippen molar-refractivity contribution in [3.63, 3.8) is 0 Å². The number of rotatable bonds is 8. The van der Waals surface area contributed by atoms with Gasteiger partial charge in [0.05, 0.1) is 11.1 Å². The molecule has 0 bridgehead atoms. The molecule has 320 valence electrons. The van der Waals surface area contributed by atoms with E-state index in [-0.39, 0.29) is 5.41 Å². The van der Waals surface area contributed by atoms with Gasteiger partial charge in [0.1, 0.15) is 0 Å². The molecule has 0 radical (unpaired) electrons. The Bertz CT molecular complexity index is 3640. The van der Waals surface area contributed by atoms with Crippen molar-refractivity contribution in [1.82, 2.24) is 0 Å². The van der Waals surface area contributed by atoms with E-state index in [4.69, 9.17) is 0 Å². The highest BCUT2D eigenvalue weighted by Gasteiger charge is 2.47. The molecular formula is C67H47N. The molecule has 1 heteroatoms. The second-order valence-electron chi connectivity index (χ2n) is 18.4. The van der Waals surface area contributed by atoms with Gasteiger partial charge < -0.3 is 4.90 Å². The Morgan fingerprint density at radius 1 is 0.309 bits per heavy atom. The van der Waals surface area contributed by atoms with Crippen LogP contribution in [0.4, 0.5) is 17.1 Å². The van der Waals surface area contributed by atoms with Crippen LogP contribution in [0.2, 0.25) is 0 Å². The highest BCUT2D eigenvalue weighted by molar-refractivity contribution is 6.01. The monoisotopic (exact) mass is 865 g/mol. The maximum Gasteiger partial charge on any atom is 0.0713 e. The first-order chi connectivity index (χ1) is 33.6. The van der Waals surface area contributed by atoms with Crippen LogP contribution in [0, 0.1) is 0 Å². The molecule has 0 aliphatic heterocycles. The van der Waals surface area contributed by atoms with Crippen LogP contribution >= 0.6 is 0 Å². The van der Waals surface area contributed by atoms with E-state index >= 15 is 0 Å². The molecule has 2 aliphatic carbocycles. The van der Waals surface area contributed by atoms with E-state index in [0.29, 0.717) is 0 Å². The second kappa shape index (κ2) is 15.8. The van der Waals surface area contributed by atoms with Gasteiger partial charge in [0.25, 0.3) is 0 Å². The van der Waals surface area contributed by atoms with Crippen LogP contribution < -0.4 is 4.90 Å². The van der Waals surface area contributed by atoms with Crippen LogP contribution in [-0.2, 0) is 10.8 Å². The third-order valence-corrected chi connectivity index (χ3v) is 15.1. The molecule has 1 nitrogen and oxygen atoms in total. The first-order valence-corrected chi connectivity index (χ1v) is 23.8. The lowest BCUT2D eigenvalue weighted by Gasteiger charge is -2.34. The molecule has 68 heavy (non-hydrogen) atoms. The van der Waals surface area contributed by atoms with Crippen LogP contribution in [0.5, 0.6) is 0 Å². The minimum absolute atomic E-state index is 0.352. The number of fused-ring (bicyclic) bond motifs is 7. The van der Waals surface area contributed by atoms with Crippen molar-refractivity contribution < 1.29 is 0 Å². The molecule has 1 unspecified atom stereocenters. The summed E-state index contributed by atoms with van der Waals surface area (Å²) in [6, 6.07) is 99.0. The van der Waals surface area contributed by atoms with Gasteiger partial charge in [-0.2, -0.15) is 0 Å². The molecule has 0 spiro atoms. The first-order valence-electron chi connectivity index (χ1n) is 23.8. The summed E-state index contributed by atoms with van der Waals surface area (Å²) in [6.45, 7) is 2.41. The molecule has 0 saturated carbocycles. The van der Waals surface area contributed by atoms with E-state index in [0.717, 1.165) is 17.1 Å². The van der Waals surface area contributed by atoms with Gasteiger partial charge in [-0.15, -0.1) is 0 Å². The van der Waals surface area contributed by atoms with Gasteiger partial charge in [-0.1, -0.05) is 237 Å². The maximum absolute atomic E-state index is 2.50. The third-order valence-electron chi connectivity index (χ3n) is 15.1. The van der Waals surface area contributed by atoms with Crippen molar-refractivity contribution in [2.45, 2.75) is 17.8 Å². The van der Waals surface area contributed by atoms with Crippen molar-refractivity contribution in [2.24, 2.45) is 0 Å². The highest BCUT2D eigenvalue weighted by atomic mass is 15.1. The first kappa shape index (κ1) is 39.8. The Hall–Kier alpha value is -8.52. The molecule has 2 aliphatic rings. The van der Waals surface area contributed by atoms with Crippen LogP contribution in [-0.4, -0.2) is 0 Å². The van der Waals surface area contributed by atoms with Crippen LogP contribution in [0.3, 0.4) is 0 Å². The summed E-state index contributed by atoms with van der Waals surface area (Å²) in [4.78, 5) is 2.50. The van der Waals surface area contributed by atoms with E-state index in [2.05, 4.69) is 279 Å². The number of para-hydroxylation sites is 1. The lowest BCUT2D eigenvalue weighted by Crippen LogP contribution is -2.28. The van der Waals surface area contributed by atoms with Crippen molar-refractivity contribution in [1.29, 1.82) is 0 Å². The van der Waals surface area contributed by atoms with E-state index < -0.39 is 5.41 Å². The van der Waals surface area contributed by atoms with E-state index in [1.165, 1.54) is 94.2 Å². The van der Waals surface area contributed by atoms with Gasteiger partial charge in [0.15, 0.2) is 0 Å². The molecule has 0 aromatic heterocycles. The summed E-state index contributed by atoms with van der Waals surface area (Å²) in [5.41, 5.74) is 21.4. The van der Waals surface area contributed by atoms with Gasteiger partial charge in [-0.3, -0.25) is 0 Å². The average molecular weight is 866 g/mol. The molecule has 0 amide bonds. The molecule has 11 aromatic rings. The summed E-state index contributed by atoms with van der Waals surface area (Å²) < 4.78 is 0. The number of hydrogen-bond acceptors (Lipinski definition) is 1. The van der Waals surface area contributed by atoms with E-state index in [9.17, 15) is 0 Å². The zero-order valence-electron chi connectivity index (χ0n) is 37.9. The van der Waals surface area contributed by atoms with Crippen LogP contribution in [0.25, 0.3) is 55.3 Å². The summed E-state index contributed by atoms with van der Waals surface area (Å²) >= 11 is 0. The summed E-state index contributed by atoms with van der Waals surface area (Å²) in [7, 11) is 0. The summed E-state index contributed by atoms with van der Waals surface area (Å²) in [5.74, 6) is 0. The lowest BCUT2D eigenvalue weighted by atomic mass is 9.67. The smallest absolute Gasteiger partial charge is 0.0713 e. The molecule has 0 N–H and O–H groups in total. The zero-order chi connectivity index (χ0) is 45.2. The van der Waals surface area contributed by atoms with Gasteiger partial charge in [-0.05, 0) is 126 Å². The lowest BCUT2D eigenvalue weighted by molar-refractivity contribution is 0.714. The highest BCUT2D eigenvalue weighted by Crippen LogP contribution is 2.60. The minimum atomic E-state index is -0.507. The van der Waals surface area contributed by atoms with Gasteiger partial charge in [0, 0.05) is 22.4 Å². The third kappa shape index (κ3) is 5.89. The van der Waals surface area contributed by atoms with Crippen molar-refractivity contribution in [2.75, 3.05) is 4.90 Å². The summed E-state index contributed by atoms with van der Waals surface area (Å²) in [5, 5.41) is 2.49. The topological polar surface area (TPSA) is 3.24 Å². The van der Waals surface area contributed by atoms with Crippen molar-refractivity contribution in [3.8, 4) is 44.5 Å². The second-order valence-corrected chi connectivity index (χ2v) is 18.4. The standard InChI is InChI=1S/C67H47N/c1-66(48-23-5-2-6-24-48)60-35-16-13-30-55(60)56-44-43-52(45-63(56)66)68(51-41-39-47(40-42-51)54-33-19-22-46-21-11-12-29-53(46)54)64-38-18-15-31-57(64)58-34-20-37-62-65(58)59-32-14-17-36-61(59)67(62,49-25-7-3-8-26-49)50-27-9-4-10-28-50/h2-45H,1H3. The zero-order valence-corrected chi connectivity index (χ0v) is 37.9. The maximum atomic E-state index is 2.50. The molecule has 11 aromatic carbocycles. The largest absolute Gasteiger partial charge is 0.310 e. The minimum Gasteiger partial charge on any atom is -0.310 e. The quantitative estimate of drug-likeness (QED) is 0.147. The molecule has 0 fully saturated rings. The Kier molecular flexibility index (Phi) is 9.27. The number of anilines is 3. The fourth-order valence-corrected chi connectivity index (χ4v) is 12.0. The number of nitrogens with zero attached hydrogens (tertiary/aromatic N) is 1. The Morgan fingerprint density at radius 3 is 1.54 bits per heavy atom. The van der Waals surface area contributed by atoms with Gasteiger partial charge in [-0.25, -0.2) is 0 Å². The predicted octanol–water partition coefficient (Wildman–Crippen LogP) is 17.3. The van der Waals surface area contributed by atoms with Gasteiger partial charge >= 0.3 is 0 Å². The predicted molar refractivity (Wildman–Crippen MR) is 284 cm³/mol. The Labute approximate surface area is 398 Å². The number of hydrogen-bond donors (Lipinski definition) is 0. The molecule has 0 heterocycles. The van der Waals surface area contributed by atoms with Crippen LogP contribution in [0.15, 0.2) is 267 Å². The Balaban J connectivity index is 1.05. The van der Waals surface area contributed by atoms with Crippen LogP contribution in [0.1, 0.15) is 45.9 Å². The van der Waals surface area contributed by atoms with E-state index in [1.54, 1.807) is 0 Å². The normalized spacial score (nSPS) is 15.0. The molecule has 13 rings (SSSR count). The van der Waals surface area contributed by atoms with E-state index in [1.807, 2.05) is 0 Å². The fourth-order valence-electron chi connectivity index (χ4n) is 12.0. The van der Waals surface area contributed by atoms with Crippen molar-refractivity contribution >= 4 is 27.8 Å². The molecule has 0 saturated heterocycles. The molecular weight excluding hydrogens is 819 g/mol. The SMILES string of the molecule is CC1(c2ccccc2)c2ccccc2-c2ccc(N(c3ccc(-c4cccc5ccccc45)cc3)c3ccccc3-c3cccc4c3-c3ccccc3C4(c3ccccc3)c3ccccc3)cc21. The summed E-state index contributed by atoms with van der Waals surface area (Å²) in [6.07, 6.45) is 0. The van der Waals surface area contributed by atoms with Crippen molar-refractivity contribution in [3.05, 3.63) is 306 Å². The van der Waals surface area contributed by atoms with Gasteiger partial charge in [0.2, 0.25) is 0 Å². The molecule has 1 atom stereocenters.